The van der Waals surface area contributed by atoms with Gasteiger partial charge >= 0.3 is 0 Å². The van der Waals surface area contributed by atoms with Crippen LogP contribution >= 0.6 is 22.9 Å². The van der Waals surface area contributed by atoms with Crippen molar-refractivity contribution in [3.8, 4) is 11.3 Å². The first-order chi connectivity index (χ1) is 11.0. The fourth-order valence-corrected chi connectivity index (χ4v) is 2.96. The maximum absolute atomic E-state index is 12.3. The molecule has 1 aromatic heterocycles. The van der Waals surface area contributed by atoms with E-state index in [2.05, 4.69) is 10.3 Å². The molecule has 0 aliphatic heterocycles. The van der Waals surface area contributed by atoms with Crippen LogP contribution in [0.4, 0.5) is 5.69 Å². The summed E-state index contributed by atoms with van der Waals surface area (Å²) in [5.74, 6) is -0.161. The zero-order valence-corrected chi connectivity index (χ0v) is 14.3. The highest BCUT2D eigenvalue weighted by Crippen LogP contribution is 2.23. The van der Waals surface area contributed by atoms with E-state index in [1.165, 1.54) is 0 Å². The molecule has 3 rings (SSSR count). The topological polar surface area (TPSA) is 42.0 Å². The van der Waals surface area contributed by atoms with Gasteiger partial charge in [0.1, 0.15) is 0 Å². The molecule has 0 saturated heterocycles. The van der Waals surface area contributed by atoms with E-state index in [0.29, 0.717) is 16.3 Å². The molecule has 2 aromatic carbocycles. The molecule has 1 N–H and O–H groups in total. The first-order valence-electron chi connectivity index (χ1n) is 7.13. The first kappa shape index (κ1) is 15.7. The van der Waals surface area contributed by atoms with Crippen molar-refractivity contribution in [1.29, 1.82) is 0 Å². The number of rotatable bonds is 3. The van der Waals surface area contributed by atoms with Crippen LogP contribution in [0, 0.1) is 13.8 Å². The molecule has 23 heavy (non-hydrogen) atoms. The number of halogens is 1. The van der Waals surface area contributed by atoms with Gasteiger partial charge in [-0.2, -0.15) is 0 Å². The molecule has 0 bridgehead atoms. The molecule has 0 unspecified atom stereocenters. The summed E-state index contributed by atoms with van der Waals surface area (Å²) >= 11 is 7.69. The normalized spacial score (nSPS) is 10.6. The van der Waals surface area contributed by atoms with Crippen LogP contribution in [0.5, 0.6) is 0 Å². The van der Waals surface area contributed by atoms with Gasteiger partial charge in [0, 0.05) is 27.2 Å². The number of aromatic nitrogens is 1. The fraction of sp³-hybridized carbons (Fsp3) is 0.111. The van der Waals surface area contributed by atoms with Crippen LogP contribution in [0.3, 0.4) is 0 Å². The van der Waals surface area contributed by atoms with Crippen molar-refractivity contribution in [2.75, 3.05) is 5.32 Å². The quantitative estimate of drug-likeness (QED) is 0.698. The van der Waals surface area contributed by atoms with Crippen molar-refractivity contribution in [3.63, 3.8) is 0 Å². The summed E-state index contributed by atoms with van der Waals surface area (Å²) in [5, 5.41) is 6.53. The van der Waals surface area contributed by atoms with E-state index < -0.39 is 0 Å². The monoisotopic (exact) mass is 342 g/mol. The summed E-state index contributed by atoms with van der Waals surface area (Å²) in [6.45, 7) is 3.90. The number of aryl methyl sites for hydroxylation is 2. The Morgan fingerprint density at radius 3 is 2.48 bits per heavy atom. The Morgan fingerprint density at radius 2 is 1.87 bits per heavy atom. The Hall–Kier alpha value is -2.17. The molecular weight excluding hydrogens is 328 g/mol. The predicted octanol–water partition coefficient (Wildman–Crippen LogP) is 5.33. The Labute approximate surface area is 144 Å². The van der Waals surface area contributed by atoms with E-state index in [4.69, 9.17) is 11.6 Å². The molecule has 116 valence electrons. The van der Waals surface area contributed by atoms with E-state index in [1.54, 1.807) is 29.5 Å². The molecule has 0 radical (unpaired) electrons. The van der Waals surface area contributed by atoms with Crippen LogP contribution in [-0.2, 0) is 0 Å². The van der Waals surface area contributed by atoms with Crippen molar-refractivity contribution < 1.29 is 4.79 Å². The summed E-state index contributed by atoms with van der Waals surface area (Å²) in [7, 11) is 0. The highest BCUT2D eigenvalue weighted by molar-refractivity contribution is 7.09. The van der Waals surface area contributed by atoms with Crippen LogP contribution in [0.15, 0.2) is 47.8 Å². The van der Waals surface area contributed by atoms with Gasteiger partial charge in [0.05, 0.1) is 10.7 Å². The lowest BCUT2D eigenvalue weighted by molar-refractivity contribution is 0.102. The molecule has 0 aliphatic carbocycles. The lowest BCUT2D eigenvalue weighted by atomic mass is 10.1. The number of benzene rings is 2. The van der Waals surface area contributed by atoms with Crippen molar-refractivity contribution in [1.82, 2.24) is 4.98 Å². The molecular formula is C18H15ClN2OS. The van der Waals surface area contributed by atoms with Gasteiger partial charge in [0.15, 0.2) is 0 Å². The Bertz CT molecular complexity index is 856. The Kier molecular flexibility index (Phi) is 4.46. The van der Waals surface area contributed by atoms with Gasteiger partial charge in [-0.05, 0) is 43.7 Å². The summed E-state index contributed by atoms with van der Waals surface area (Å²) in [5.41, 5.74) is 4.20. The van der Waals surface area contributed by atoms with Crippen molar-refractivity contribution in [3.05, 3.63) is 69.0 Å². The van der Waals surface area contributed by atoms with Crippen molar-refractivity contribution in [2.24, 2.45) is 0 Å². The van der Waals surface area contributed by atoms with E-state index in [9.17, 15) is 4.79 Å². The first-order valence-corrected chi connectivity index (χ1v) is 8.39. The van der Waals surface area contributed by atoms with Gasteiger partial charge in [-0.1, -0.05) is 29.8 Å². The maximum Gasteiger partial charge on any atom is 0.255 e. The summed E-state index contributed by atoms with van der Waals surface area (Å²) in [6, 6.07) is 12.9. The molecule has 0 fully saturated rings. The van der Waals surface area contributed by atoms with Gasteiger partial charge in [0.2, 0.25) is 0 Å². The van der Waals surface area contributed by atoms with Gasteiger partial charge in [0.25, 0.3) is 5.91 Å². The largest absolute Gasteiger partial charge is 0.322 e. The minimum atomic E-state index is -0.161. The van der Waals surface area contributed by atoms with Crippen LogP contribution in [0.25, 0.3) is 11.3 Å². The maximum atomic E-state index is 12.3. The second-order valence-electron chi connectivity index (χ2n) is 5.25. The number of thiazole rings is 1. The average molecular weight is 343 g/mol. The Balaban J connectivity index is 1.76. The number of carbonyl (C=O) groups is 1. The second kappa shape index (κ2) is 6.52. The standard InChI is InChI=1S/C18H15ClN2OS/c1-11-3-8-15(9-16(11)19)21-18(22)14-6-4-13(5-7-14)17-10-23-12(2)20-17/h3-10H,1-2H3,(H,21,22). The minimum Gasteiger partial charge on any atom is -0.322 e. The molecule has 0 atom stereocenters. The SMILES string of the molecule is Cc1nc(-c2ccc(C(=O)Nc3ccc(C)c(Cl)c3)cc2)cs1. The van der Waals surface area contributed by atoms with Crippen LogP contribution in [-0.4, -0.2) is 10.9 Å². The van der Waals surface area contributed by atoms with Gasteiger partial charge < -0.3 is 5.32 Å². The predicted molar refractivity (Wildman–Crippen MR) is 96.4 cm³/mol. The van der Waals surface area contributed by atoms with E-state index >= 15 is 0 Å². The molecule has 3 aromatic rings. The van der Waals surface area contributed by atoms with E-state index in [1.807, 2.05) is 43.5 Å². The van der Waals surface area contributed by atoms with Crippen LogP contribution in [0.1, 0.15) is 20.9 Å². The highest BCUT2D eigenvalue weighted by Gasteiger charge is 2.08. The molecule has 0 saturated carbocycles. The van der Waals surface area contributed by atoms with Crippen LogP contribution in [0.2, 0.25) is 5.02 Å². The number of amides is 1. The minimum absolute atomic E-state index is 0.161. The lowest BCUT2D eigenvalue weighted by Gasteiger charge is -2.07. The summed E-state index contributed by atoms with van der Waals surface area (Å²) < 4.78 is 0. The highest BCUT2D eigenvalue weighted by atomic mass is 35.5. The molecule has 3 nitrogen and oxygen atoms in total. The van der Waals surface area contributed by atoms with Crippen LogP contribution < -0.4 is 5.32 Å². The smallest absolute Gasteiger partial charge is 0.255 e. The third-order valence-electron chi connectivity index (χ3n) is 3.49. The zero-order valence-electron chi connectivity index (χ0n) is 12.8. The number of anilines is 1. The van der Waals surface area contributed by atoms with E-state index in [-0.39, 0.29) is 5.91 Å². The third-order valence-corrected chi connectivity index (χ3v) is 4.67. The van der Waals surface area contributed by atoms with Crippen molar-refractivity contribution in [2.45, 2.75) is 13.8 Å². The van der Waals surface area contributed by atoms with Gasteiger partial charge in [-0.15, -0.1) is 11.3 Å². The molecule has 1 amide bonds. The third kappa shape index (κ3) is 3.60. The van der Waals surface area contributed by atoms with Gasteiger partial charge in [-0.25, -0.2) is 4.98 Å². The number of hydrogen-bond acceptors (Lipinski definition) is 3. The fourth-order valence-electron chi connectivity index (χ4n) is 2.16. The number of nitrogens with zero attached hydrogens (tertiary/aromatic N) is 1. The zero-order chi connectivity index (χ0) is 16.4. The average Bonchev–Trinajstić information content (AvgIpc) is 2.97. The van der Waals surface area contributed by atoms with Crippen molar-refractivity contribution >= 4 is 34.5 Å². The molecule has 0 aliphatic rings. The Morgan fingerprint density at radius 1 is 1.13 bits per heavy atom. The van der Waals surface area contributed by atoms with Gasteiger partial charge in [-0.3, -0.25) is 4.79 Å². The number of carbonyl (C=O) groups excluding carboxylic acids is 1. The number of nitrogens with one attached hydrogen (secondary N) is 1. The van der Waals surface area contributed by atoms with E-state index in [0.717, 1.165) is 21.8 Å². The second-order valence-corrected chi connectivity index (χ2v) is 6.72. The number of hydrogen-bond donors (Lipinski definition) is 1. The molecule has 5 heteroatoms. The molecule has 1 heterocycles. The molecule has 0 spiro atoms. The summed E-state index contributed by atoms with van der Waals surface area (Å²) in [4.78, 5) is 16.7. The lowest BCUT2D eigenvalue weighted by Crippen LogP contribution is -2.11. The summed E-state index contributed by atoms with van der Waals surface area (Å²) in [6.07, 6.45) is 0.